The van der Waals surface area contributed by atoms with E-state index in [2.05, 4.69) is 91.0 Å². The number of benzene rings is 7. The van der Waals surface area contributed by atoms with Crippen molar-refractivity contribution in [1.82, 2.24) is 15.0 Å². The third kappa shape index (κ3) is 5.56. The molecular formula is C45H29N3O. The van der Waals surface area contributed by atoms with Crippen LogP contribution in [0.1, 0.15) is 0 Å². The molecule has 0 bridgehead atoms. The average Bonchev–Trinajstić information content (AvgIpc) is 3.57. The third-order valence-corrected chi connectivity index (χ3v) is 8.93. The molecule has 0 saturated heterocycles. The first-order valence-electron chi connectivity index (χ1n) is 16.4. The van der Waals surface area contributed by atoms with Crippen LogP contribution in [-0.4, -0.2) is 15.0 Å². The molecule has 4 heteroatoms. The van der Waals surface area contributed by atoms with E-state index in [1.807, 2.05) is 84.9 Å². The second kappa shape index (κ2) is 12.2. The summed E-state index contributed by atoms with van der Waals surface area (Å²) in [5, 5.41) is 2.22. The number of hydrogen-bond acceptors (Lipinski definition) is 4. The van der Waals surface area contributed by atoms with Crippen LogP contribution in [0.3, 0.4) is 0 Å². The van der Waals surface area contributed by atoms with Crippen molar-refractivity contribution in [3.8, 4) is 67.5 Å². The molecule has 0 N–H and O–H groups in total. The molecule has 49 heavy (non-hydrogen) atoms. The molecule has 2 heterocycles. The zero-order chi connectivity index (χ0) is 32.6. The smallest absolute Gasteiger partial charge is 0.164 e. The summed E-state index contributed by atoms with van der Waals surface area (Å²) >= 11 is 0. The van der Waals surface area contributed by atoms with E-state index in [1.165, 1.54) is 11.1 Å². The Balaban J connectivity index is 1.23. The lowest BCUT2D eigenvalue weighted by molar-refractivity contribution is 0.669. The molecule has 0 amide bonds. The minimum Gasteiger partial charge on any atom is -0.456 e. The largest absolute Gasteiger partial charge is 0.456 e. The van der Waals surface area contributed by atoms with Crippen LogP contribution in [0, 0.1) is 0 Å². The Morgan fingerprint density at radius 2 is 0.673 bits per heavy atom. The summed E-state index contributed by atoms with van der Waals surface area (Å²) in [6.45, 7) is 0. The predicted molar refractivity (Wildman–Crippen MR) is 200 cm³/mol. The van der Waals surface area contributed by atoms with Crippen molar-refractivity contribution < 1.29 is 4.42 Å². The van der Waals surface area contributed by atoms with E-state index in [-0.39, 0.29) is 0 Å². The molecule has 0 spiro atoms. The van der Waals surface area contributed by atoms with Gasteiger partial charge in [-0.2, -0.15) is 0 Å². The Bertz CT molecular complexity index is 2520. The highest BCUT2D eigenvalue weighted by atomic mass is 16.3. The average molecular weight is 628 g/mol. The summed E-state index contributed by atoms with van der Waals surface area (Å²) in [4.78, 5) is 15.0. The maximum atomic E-state index is 6.30. The first kappa shape index (κ1) is 28.6. The Hall–Kier alpha value is -6.65. The van der Waals surface area contributed by atoms with Gasteiger partial charge in [-0.05, 0) is 69.8 Å². The van der Waals surface area contributed by atoms with Crippen LogP contribution in [0.25, 0.3) is 89.5 Å². The van der Waals surface area contributed by atoms with E-state index in [0.29, 0.717) is 17.5 Å². The van der Waals surface area contributed by atoms with Crippen molar-refractivity contribution in [3.63, 3.8) is 0 Å². The lowest BCUT2D eigenvalue weighted by Gasteiger charge is -2.13. The van der Waals surface area contributed by atoms with Crippen LogP contribution < -0.4 is 0 Å². The highest BCUT2D eigenvalue weighted by Gasteiger charge is 2.16. The summed E-state index contributed by atoms with van der Waals surface area (Å²) < 4.78 is 6.30. The summed E-state index contributed by atoms with van der Waals surface area (Å²) in [6, 6.07) is 60.6. The number of hydrogen-bond donors (Lipinski definition) is 0. The Labute approximate surface area is 284 Å². The summed E-state index contributed by atoms with van der Waals surface area (Å²) in [6.07, 6.45) is 0. The minimum atomic E-state index is 0.613. The normalized spacial score (nSPS) is 11.3. The van der Waals surface area contributed by atoms with Gasteiger partial charge in [0, 0.05) is 27.5 Å². The van der Waals surface area contributed by atoms with Gasteiger partial charge in [0.25, 0.3) is 0 Å². The van der Waals surface area contributed by atoms with E-state index < -0.39 is 0 Å². The standard InChI is InChI=1S/C45H29N3O/c1-4-12-30(13-5-1)31-20-22-32(23-21-31)36-26-37(35-24-25-40-39-18-10-11-19-41(39)49-42(40)29-35)28-38(27-36)45-47-43(33-14-6-2-7-15-33)46-44(48-45)34-16-8-3-9-17-34/h1-29H. The van der Waals surface area contributed by atoms with Crippen LogP contribution in [0.15, 0.2) is 180 Å². The van der Waals surface area contributed by atoms with Crippen LogP contribution in [0.4, 0.5) is 0 Å². The number of aromatic nitrogens is 3. The van der Waals surface area contributed by atoms with Gasteiger partial charge in [-0.1, -0.05) is 140 Å². The monoisotopic (exact) mass is 627 g/mol. The maximum absolute atomic E-state index is 6.30. The van der Waals surface area contributed by atoms with E-state index >= 15 is 0 Å². The number of furan rings is 1. The van der Waals surface area contributed by atoms with E-state index in [0.717, 1.165) is 60.9 Å². The molecule has 230 valence electrons. The molecule has 9 aromatic rings. The van der Waals surface area contributed by atoms with Crippen LogP contribution in [-0.2, 0) is 0 Å². The zero-order valence-electron chi connectivity index (χ0n) is 26.5. The van der Waals surface area contributed by atoms with Gasteiger partial charge in [0.2, 0.25) is 0 Å². The summed E-state index contributed by atoms with van der Waals surface area (Å²) in [7, 11) is 0. The minimum absolute atomic E-state index is 0.613. The van der Waals surface area contributed by atoms with Crippen molar-refractivity contribution in [1.29, 1.82) is 0 Å². The number of fused-ring (bicyclic) bond motifs is 3. The number of para-hydroxylation sites is 1. The molecule has 7 aromatic carbocycles. The molecule has 0 aliphatic rings. The van der Waals surface area contributed by atoms with Gasteiger partial charge in [-0.15, -0.1) is 0 Å². The van der Waals surface area contributed by atoms with Gasteiger partial charge in [0.1, 0.15) is 11.2 Å². The van der Waals surface area contributed by atoms with E-state index in [1.54, 1.807) is 0 Å². The summed E-state index contributed by atoms with van der Waals surface area (Å²) in [5.74, 6) is 1.88. The highest BCUT2D eigenvalue weighted by molar-refractivity contribution is 6.06. The third-order valence-electron chi connectivity index (χ3n) is 8.93. The lowest BCUT2D eigenvalue weighted by Crippen LogP contribution is -2.00. The molecule has 0 aliphatic carbocycles. The Morgan fingerprint density at radius 1 is 0.265 bits per heavy atom. The molecule has 4 nitrogen and oxygen atoms in total. The fourth-order valence-electron chi connectivity index (χ4n) is 6.42. The molecule has 0 saturated carbocycles. The van der Waals surface area contributed by atoms with Gasteiger partial charge in [-0.3, -0.25) is 0 Å². The van der Waals surface area contributed by atoms with Gasteiger partial charge in [0.05, 0.1) is 0 Å². The lowest BCUT2D eigenvalue weighted by atomic mass is 9.94. The maximum Gasteiger partial charge on any atom is 0.164 e. The fourth-order valence-corrected chi connectivity index (χ4v) is 6.42. The Kier molecular flexibility index (Phi) is 7.10. The number of rotatable bonds is 6. The first-order chi connectivity index (χ1) is 24.2. The second-order valence-electron chi connectivity index (χ2n) is 12.1. The molecule has 0 radical (unpaired) electrons. The van der Waals surface area contributed by atoms with Crippen LogP contribution in [0.5, 0.6) is 0 Å². The molecule has 0 unspecified atom stereocenters. The van der Waals surface area contributed by atoms with Gasteiger partial charge < -0.3 is 4.42 Å². The SMILES string of the molecule is c1ccc(-c2ccc(-c3cc(-c4ccc5c(c4)oc4ccccc45)cc(-c4nc(-c5ccccc5)nc(-c5ccccc5)n4)c3)cc2)cc1. The molecule has 2 aromatic heterocycles. The van der Waals surface area contributed by atoms with Gasteiger partial charge >= 0.3 is 0 Å². The first-order valence-corrected chi connectivity index (χ1v) is 16.4. The van der Waals surface area contributed by atoms with Crippen LogP contribution in [0.2, 0.25) is 0 Å². The van der Waals surface area contributed by atoms with E-state index in [9.17, 15) is 0 Å². The van der Waals surface area contributed by atoms with Crippen molar-refractivity contribution in [2.75, 3.05) is 0 Å². The second-order valence-corrected chi connectivity index (χ2v) is 12.1. The van der Waals surface area contributed by atoms with Crippen molar-refractivity contribution in [3.05, 3.63) is 176 Å². The summed E-state index contributed by atoms with van der Waals surface area (Å²) in [5.41, 5.74) is 11.2. The molecule has 0 atom stereocenters. The fraction of sp³-hybridized carbons (Fsp3) is 0. The van der Waals surface area contributed by atoms with Crippen molar-refractivity contribution in [2.45, 2.75) is 0 Å². The quantitative estimate of drug-likeness (QED) is 0.184. The van der Waals surface area contributed by atoms with Gasteiger partial charge in [-0.25, -0.2) is 15.0 Å². The van der Waals surface area contributed by atoms with Crippen LogP contribution >= 0.6 is 0 Å². The zero-order valence-corrected chi connectivity index (χ0v) is 26.5. The van der Waals surface area contributed by atoms with Crippen molar-refractivity contribution >= 4 is 21.9 Å². The molecular weight excluding hydrogens is 599 g/mol. The Morgan fingerprint density at radius 3 is 1.29 bits per heavy atom. The van der Waals surface area contributed by atoms with Crippen molar-refractivity contribution in [2.24, 2.45) is 0 Å². The molecule has 9 rings (SSSR count). The molecule has 0 aliphatic heterocycles. The van der Waals surface area contributed by atoms with Gasteiger partial charge in [0.15, 0.2) is 17.5 Å². The predicted octanol–water partition coefficient (Wildman–Crippen LogP) is 11.8. The number of nitrogens with zero attached hydrogens (tertiary/aromatic N) is 3. The molecule has 0 fully saturated rings. The topological polar surface area (TPSA) is 51.8 Å². The highest BCUT2D eigenvalue weighted by Crippen LogP contribution is 2.37. The van der Waals surface area contributed by atoms with E-state index in [4.69, 9.17) is 19.4 Å².